The third-order valence-corrected chi connectivity index (χ3v) is 4.33. The van der Waals surface area contributed by atoms with Crippen LogP contribution in [0.5, 0.6) is 0 Å². The van der Waals surface area contributed by atoms with Crippen LogP contribution >= 0.6 is 0 Å². The Bertz CT molecular complexity index is 724. The molecule has 0 bridgehead atoms. The number of amides is 2. The first-order valence-corrected chi connectivity index (χ1v) is 8.24. The zero-order valence-corrected chi connectivity index (χ0v) is 14.0. The van der Waals surface area contributed by atoms with Crippen molar-refractivity contribution in [3.05, 3.63) is 42.2 Å². The topological polar surface area (TPSA) is 78.1 Å². The van der Waals surface area contributed by atoms with Gasteiger partial charge in [0.15, 0.2) is 0 Å². The van der Waals surface area contributed by atoms with Crippen LogP contribution in [0.25, 0.3) is 11.1 Å². The lowest BCUT2D eigenvalue weighted by molar-refractivity contribution is -0.119. The summed E-state index contributed by atoms with van der Waals surface area (Å²) in [6.07, 6.45) is 4.86. The van der Waals surface area contributed by atoms with E-state index in [0.717, 1.165) is 17.5 Å². The van der Waals surface area contributed by atoms with E-state index in [2.05, 4.69) is 15.5 Å². The molecule has 1 aliphatic heterocycles. The summed E-state index contributed by atoms with van der Waals surface area (Å²) in [5.41, 5.74) is 2.54. The molecule has 24 heavy (non-hydrogen) atoms. The molecule has 126 valence electrons. The van der Waals surface area contributed by atoms with Crippen LogP contribution in [0.1, 0.15) is 37.0 Å². The summed E-state index contributed by atoms with van der Waals surface area (Å²) >= 11 is 0. The molecule has 1 aliphatic rings. The van der Waals surface area contributed by atoms with Gasteiger partial charge in [-0.2, -0.15) is 5.10 Å². The SMILES string of the molecule is CC(C)N(C[C@@H]1CCC(=O)N1)C(=O)c1cccc(-c2cn[nH]c2)c1. The highest BCUT2D eigenvalue weighted by Gasteiger charge is 2.27. The minimum Gasteiger partial charge on any atom is -0.352 e. The molecule has 1 atom stereocenters. The number of carbonyl (C=O) groups excluding carboxylic acids is 2. The summed E-state index contributed by atoms with van der Waals surface area (Å²) in [7, 11) is 0. The van der Waals surface area contributed by atoms with Gasteiger partial charge in [0.05, 0.1) is 6.20 Å². The van der Waals surface area contributed by atoms with E-state index in [1.807, 2.05) is 43.0 Å². The predicted octanol–water partition coefficient (Wildman–Crippen LogP) is 2.21. The van der Waals surface area contributed by atoms with Crippen LogP contribution in [0.4, 0.5) is 0 Å². The van der Waals surface area contributed by atoms with Gasteiger partial charge in [-0.3, -0.25) is 14.7 Å². The maximum atomic E-state index is 13.0. The number of H-pyrrole nitrogens is 1. The van der Waals surface area contributed by atoms with Crippen molar-refractivity contribution in [2.24, 2.45) is 0 Å². The highest BCUT2D eigenvalue weighted by Crippen LogP contribution is 2.21. The zero-order chi connectivity index (χ0) is 17.1. The lowest BCUT2D eigenvalue weighted by Gasteiger charge is -2.29. The number of carbonyl (C=O) groups is 2. The number of hydrogen-bond donors (Lipinski definition) is 2. The Morgan fingerprint density at radius 2 is 2.21 bits per heavy atom. The van der Waals surface area contributed by atoms with E-state index >= 15 is 0 Å². The first-order valence-electron chi connectivity index (χ1n) is 8.24. The van der Waals surface area contributed by atoms with Crippen molar-refractivity contribution in [1.82, 2.24) is 20.4 Å². The fraction of sp³-hybridized carbons (Fsp3) is 0.389. The number of hydrogen-bond acceptors (Lipinski definition) is 3. The second-order valence-electron chi connectivity index (χ2n) is 6.42. The molecule has 1 aromatic heterocycles. The summed E-state index contributed by atoms with van der Waals surface area (Å²) < 4.78 is 0. The Kier molecular flexibility index (Phi) is 4.64. The highest BCUT2D eigenvalue weighted by atomic mass is 16.2. The Morgan fingerprint density at radius 1 is 1.38 bits per heavy atom. The molecule has 0 aliphatic carbocycles. The molecule has 0 saturated carbocycles. The zero-order valence-electron chi connectivity index (χ0n) is 14.0. The highest BCUT2D eigenvalue weighted by molar-refractivity contribution is 5.95. The third-order valence-electron chi connectivity index (χ3n) is 4.33. The molecule has 1 saturated heterocycles. The quantitative estimate of drug-likeness (QED) is 0.884. The average Bonchev–Trinajstić information content (AvgIpc) is 3.23. The van der Waals surface area contributed by atoms with Crippen molar-refractivity contribution in [2.75, 3.05) is 6.54 Å². The maximum Gasteiger partial charge on any atom is 0.254 e. The first-order chi connectivity index (χ1) is 11.5. The van der Waals surface area contributed by atoms with Gasteiger partial charge in [-0.1, -0.05) is 12.1 Å². The summed E-state index contributed by atoms with van der Waals surface area (Å²) in [6.45, 7) is 4.53. The largest absolute Gasteiger partial charge is 0.352 e. The molecule has 6 nitrogen and oxygen atoms in total. The van der Waals surface area contributed by atoms with Crippen LogP contribution in [0.3, 0.4) is 0 Å². The third kappa shape index (κ3) is 3.48. The van der Waals surface area contributed by atoms with Crippen molar-refractivity contribution in [3.63, 3.8) is 0 Å². The number of nitrogens with zero attached hydrogens (tertiary/aromatic N) is 2. The van der Waals surface area contributed by atoms with Crippen LogP contribution in [0, 0.1) is 0 Å². The average molecular weight is 326 g/mol. The Balaban J connectivity index is 1.80. The summed E-state index contributed by atoms with van der Waals surface area (Å²) in [4.78, 5) is 26.2. The van der Waals surface area contributed by atoms with E-state index < -0.39 is 0 Å². The molecule has 3 rings (SSSR count). The summed E-state index contributed by atoms with van der Waals surface area (Å²) in [5, 5.41) is 9.67. The molecule has 2 aromatic rings. The van der Waals surface area contributed by atoms with Crippen LogP contribution < -0.4 is 5.32 Å². The monoisotopic (exact) mass is 326 g/mol. The fourth-order valence-corrected chi connectivity index (χ4v) is 2.99. The van der Waals surface area contributed by atoms with Crippen LogP contribution in [0.2, 0.25) is 0 Å². The molecule has 2 N–H and O–H groups in total. The van der Waals surface area contributed by atoms with Crippen LogP contribution in [-0.2, 0) is 4.79 Å². The Labute approximate surface area is 141 Å². The van der Waals surface area contributed by atoms with Gasteiger partial charge >= 0.3 is 0 Å². The minimum absolute atomic E-state index is 0.0171. The van der Waals surface area contributed by atoms with Crippen molar-refractivity contribution in [1.29, 1.82) is 0 Å². The number of aromatic amines is 1. The van der Waals surface area contributed by atoms with E-state index in [-0.39, 0.29) is 23.9 Å². The Morgan fingerprint density at radius 3 is 2.83 bits per heavy atom. The fourth-order valence-electron chi connectivity index (χ4n) is 2.99. The van der Waals surface area contributed by atoms with E-state index in [4.69, 9.17) is 0 Å². The van der Waals surface area contributed by atoms with Gasteiger partial charge in [-0.15, -0.1) is 0 Å². The van der Waals surface area contributed by atoms with Gasteiger partial charge in [-0.05, 0) is 38.0 Å². The van der Waals surface area contributed by atoms with Gasteiger partial charge in [0.1, 0.15) is 0 Å². The summed E-state index contributed by atoms with van der Waals surface area (Å²) in [6, 6.07) is 7.65. The number of nitrogens with one attached hydrogen (secondary N) is 2. The van der Waals surface area contributed by atoms with Crippen molar-refractivity contribution < 1.29 is 9.59 Å². The van der Waals surface area contributed by atoms with Gasteiger partial charge in [0.25, 0.3) is 5.91 Å². The second kappa shape index (κ2) is 6.86. The molecule has 0 unspecified atom stereocenters. The van der Waals surface area contributed by atoms with Crippen LogP contribution in [0.15, 0.2) is 36.7 Å². The molecule has 6 heteroatoms. The molecule has 2 heterocycles. The van der Waals surface area contributed by atoms with Gasteiger partial charge in [0, 0.05) is 42.4 Å². The Hall–Kier alpha value is -2.63. The molecule has 2 amide bonds. The van der Waals surface area contributed by atoms with Gasteiger partial charge in [-0.25, -0.2) is 0 Å². The van der Waals surface area contributed by atoms with Crippen molar-refractivity contribution >= 4 is 11.8 Å². The summed E-state index contributed by atoms with van der Waals surface area (Å²) in [5.74, 6) is 0.0506. The standard InChI is InChI=1S/C18H22N4O2/c1-12(2)22(11-16-6-7-17(23)21-16)18(24)14-5-3-4-13(8-14)15-9-19-20-10-15/h3-5,8-10,12,16H,6-7,11H2,1-2H3,(H,19,20)(H,21,23)/t16-/m0/s1. The van der Waals surface area contributed by atoms with Gasteiger partial charge in [0.2, 0.25) is 5.91 Å². The second-order valence-corrected chi connectivity index (χ2v) is 6.42. The molecule has 0 radical (unpaired) electrons. The molecular weight excluding hydrogens is 304 g/mol. The molecule has 1 aromatic carbocycles. The van der Waals surface area contributed by atoms with Crippen LogP contribution in [-0.4, -0.2) is 45.5 Å². The molecule has 0 spiro atoms. The van der Waals surface area contributed by atoms with E-state index in [9.17, 15) is 9.59 Å². The molecular formula is C18H22N4O2. The smallest absolute Gasteiger partial charge is 0.254 e. The predicted molar refractivity (Wildman–Crippen MR) is 91.4 cm³/mol. The van der Waals surface area contributed by atoms with E-state index in [1.54, 1.807) is 12.4 Å². The van der Waals surface area contributed by atoms with Crippen molar-refractivity contribution in [2.45, 2.75) is 38.8 Å². The van der Waals surface area contributed by atoms with Gasteiger partial charge < -0.3 is 10.2 Å². The number of benzene rings is 1. The lowest BCUT2D eigenvalue weighted by atomic mass is 10.0. The number of rotatable bonds is 5. The first kappa shape index (κ1) is 16.2. The van der Waals surface area contributed by atoms with Crippen molar-refractivity contribution in [3.8, 4) is 11.1 Å². The minimum atomic E-state index is -0.0171. The molecule has 1 fully saturated rings. The maximum absolute atomic E-state index is 13.0. The lowest BCUT2D eigenvalue weighted by Crippen LogP contribution is -2.45. The van der Waals surface area contributed by atoms with E-state index in [1.165, 1.54) is 0 Å². The van der Waals surface area contributed by atoms with E-state index in [0.29, 0.717) is 18.5 Å². The normalized spacial score (nSPS) is 17.1. The number of aromatic nitrogens is 2.